The number of aliphatic hydroxyl groups excluding tert-OH is 2. The molecule has 7 N–H and O–H groups in total. The van der Waals surface area contributed by atoms with Gasteiger partial charge in [0, 0.05) is 31.3 Å². The first-order valence-electron chi connectivity index (χ1n) is 11.2. The quantitative estimate of drug-likeness (QED) is 0.176. The Hall–Kier alpha value is -3.90. The fraction of sp³-hybridized carbons (Fsp3) is 0.417. The van der Waals surface area contributed by atoms with Crippen molar-refractivity contribution in [3.8, 4) is 5.75 Å². The number of rotatable bonds is 5. The van der Waals surface area contributed by atoms with E-state index in [1.165, 1.54) is 25.1 Å². The molecule has 2 amide bonds. The third kappa shape index (κ3) is 3.21. The summed E-state index contributed by atoms with van der Waals surface area (Å²) in [6, 6.07) is 0.380. The number of fused-ring (bicyclic) bond motifs is 3. The largest absolute Gasteiger partial charge is 0.508 e. The average Bonchev–Trinajstić information content (AvgIpc) is 2.77. The lowest BCUT2D eigenvalue weighted by Gasteiger charge is -2.50. The highest BCUT2D eigenvalue weighted by atomic mass is 16.3. The molecule has 0 spiro atoms. The number of carbonyl (C=O) groups excluding carboxylic acids is 4. The first kappa shape index (κ1) is 25.2. The minimum Gasteiger partial charge on any atom is -0.508 e. The molecule has 1 aromatic rings. The van der Waals surface area contributed by atoms with Crippen LogP contribution in [0.2, 0.25) is 0 Å². The van der Waals surface area contributed by atoms with Crippen LogP contribution >= 0.6 is 0 Å². The van der Waals surface area contributed by atoms with E-state index in [-0.39, 0.29) is 29.7 Å². The second-order valence-electron chi connectivity index (χ2n) is 9.76. The predicted molar refractivity (Wildman–Crippen MR) is 128 cm³/mol. The lowest BCUT2D eigenvalue weighted by atomic mass is 9.57. The van der Waals surface area contributed by atoms with Gasteiger partial charge in [0.15, 0.2) is 11.4 Å². The summed E-state index contributed by atoms with van der Waals surface area (Å²) in [6.45, 7) is 0. The number of phenols is 1. The first-order chi connectivity index (χ1) is 16.8. The molecule has 0 aromatic heterocycles. The van der Waals surface area contributed by atoms with Gasteiger partial charge in [0.1, 0.15) is 22.8 Å². The van der Waals surface area contributed by atoms with Crippen molar-refractivity contribution in [3.63, 3.8) is 0 Å². The number of aromatic hydroxyl groups is 1. The summed E-state index contributed by atoms with van der Waals surface area (Å²) in [5.74, 6) is -7.28. The van der Waals surface area contributed by atoms with Gasteiger partial charge in [0.25, 0.3) is 5.91 Å². The van der Waals surface area contributed by atoms with Crippen LogP contribution in [-0.2, 0) is 25.6 Å². The fourth-order valence-electron chi connectivity index (χ4n) is 5.86. The van der Waals surface area contributed by atoms with Gasteiger partial charge in [0.2, 0.25) is 12.2 Å². The molecule has 0 saturated heterocycles. The Kier molecular flexibility index (Phi) is 5.84. The maximum atomic E-state index is 13.8. The number of carbonyl (C=O) groups is 4. The summed E-state index contributed by atoms with van der Waals surface area (Å²) in [7, 11) is 6.54. The Bertz CT molecular complexity index is 1280. The highest BCUT2D eigenvalue weighted by Crippen LogP contribution is 2.54. The number of Topliss-reactive ketones (excluding diaryl/α,β-unsaturated/α-hetero) is 2. The molecule has 4 atom stereocenters. The summed E-state index contributed by atoms with van der Waals surface area (Å²) in [5, 5.41) is 47.0. The van der Waals surface area contributed by atoms with Crippen molar-refractivity contribution >= 4 is 41.0 Å². The summed E-state index contributed by atoms with van der Waals surface area (Å²) in [6.07, 6.45) is 0.495. The minimum atomic E-state index is -2.71. The number of nitrogens with zero attached hydrogens (tertiary/aromatic N) is 2. The molecule has 1 fully saturated rings. The number of hydrogen-bond donors (Lipinski definition) is 6. The van der Waals surface area contributed by atoms with Crippen LogP contribution in [-0.4, -0.2) is 89.0 Å². The molecule has 1 aromatic carbocycles. The number of hydrogen-bond acceptors (Lipinski definition) is 10. The van der Waals surface area contributed by atoms with E-state index in [1.54, 1.807) is 19.0 Å². The second-order valence-corrected chi connectivity index (χ2v) is 9.76. The molecule has 12 heteroatoms. The lowest BCUT2D eigenvalue weighted by molar-refractivity contribution is -0.153. The van der Waals surface area contributed by atoms with Crippen molar-refractivity contribution in [2.75, 3.05) is 38.4 Å². The highest BCUT2D eigenvalue weighted by Gasteiger charge is 2.64. The molecule has 12 nitrogen and oxygen atoms in total. The Morgan fingerprint density at radius 3 is 2.36 bits per heavy atom. The van der Waals surface area contributed by atoms with Crippen molar-refractivity contribution < 1.29 is 39.6 Å². The zero-order valence-electron chi connectivity index (χ0n) is 20.2. The summed E-state index contributed by atoms with van der Waals surface area (Å²) in [5.41, 5.74) is 2.44. The molecule has 3 aliphatic rings. The molecule has 0 radical (unpaired) electrons. The molecule has 3 aliphatic carbocycles. The molecular weight excluding hydrogens is 472 g/mol. The number of amides is 2. The van der Waals surface area contributed by atoms with Crippen molar-refractivity contribution in [2.45, 2.75) is 24.5 Å². The van der Waals surface area contributed by atoms with Crippen LogP contribution in [0, 0.1) is 11.8 Å². The van der Waals surface area contributed by atoms with E-state index >= 15 is 0 Å². The smallest absolute Gasteiger partial charge is 0.255 e. The number of likely N-dealkylation sites (N-methyl/N-ethyl adjacent to an activating group) is 1. The fourth-order valence-corrected chi connectivity index (χ4v) is 5.86. The third-order valence-corrected chi connectivity index (χ3v) is 7.39. The van der Waals surface area contributed by atoms with E-state index < -0.39 is 63.8 Å². The molecule has 192 valence electrons. The van der Waals surface area contributed by atoms with E-state index in [1.807, 2.05) is 0 Å². The molecule has 0 aliphatic heterocycles. The Labute approximate surface area is 206 Å². The molecule has 0 heterocycles. The van der Waals surface area contributed by atoms with Gasteiger partial charge in [-0.3, -0.25) is 24.1 Å². The number of nitrogens with two attached hydrogens (primary N) is 1. The van der Waals surface area contributed by atoms with Gasteiger partial charge in [-0.15, -0.1) is 0 Å². The van der Waals surface area contributed by atoms with Gasteiger partial charge < -0.3 is 36.4 Å². The van der Waals surface area contributed by atoms with Gasteiger partial charge in [0.05, 0.1) is 17.3 Å². The topological polar surface area (TPSA) is 194 Å². The third-order valence-electron chi connectivity index (χ3n) is 7.39. The first-order valence-corrected chi connectivity index (χ1v) is 11.2. The molecule has 3 unspecified atom stereocenters. The molecule has 1 saturated carbocycles. The molecule has 4 rings (SSSR count). The minimum absolute atomic E-state index is 0.00622. The SMILES string of the molecule is CN(C)c1cc(NC=O)c(O)c2c1CC1CC3[C@H](N(C)C)C(=O)C(C(N)=O)=C(O)C3(O)C(=O)C1=C2O. The van der Waals surface area contributed by atoms with Gasteiger partial charge in [-0.25, -0.2) is 0 Å². The van der Waals surface area contributed by atoms with Crippen molar-refractivity contribution in [1.82, 2.24) is 4.90 Å². The van der Waals surface area contributed by atoms with Crippen LogP contribution in [0.25, 0.3) is 5.76 Å². The van der Waals surface area contributed by atoms with E-state index in [2.05, 4.69) is 5.32 Å². The van der Waals surface area contributed by atoms with Crippen LogP contribution < -0.4 is 16.0 Å². The van der Waals surface area contributed by atoms with Crippen LogP contribution in [0.4, 0.5) is 11.4 Å². The van der Waals surface area contributed by atoms with Crippen LogP contribution in [0.1, 0.15) is 17.5 Å². The predicted octanol–water partition coefficient (Wildman–Crippen LogP) is -0.402. The Balaban J connectivity index is 2.01. The monoisotopic (exact) mass is 500 g/mol. The maximum absolute atomic E-state index is 13.8. The van der Waals surface area contributed by atoms with Crippen LogP contribution in [0.15, 0.2) is 23.0 Å². The number of nitrogens with one attached hydrogen (secondary N) is 1. The molecular formula is C24H28N4O8. The summed E-state index contributed by atoms with van der Waals surface area (Å²) >= 11 is 0. The Morgan fingerprint density at radius 1 is 1.19 bits per heavy atom. The number of benzene rings is 1. The molecule has 0 bridgehead atoms. The van der Waals surface area contributed by atoms with Gasteiger partial charge in [-0.1, -0.05) is 0 Å². The van der Waals surface area contributed by atoms with E-state index in [4.69, 9.17) is 5.73 Å². The van der Waals surface area contributed by atoms with Gasteiger partial charge >= 0.3 is 0 Å². The average molecular weight is 501 g/mol. The number of aliphatic hydroxyl groups is 3. The second kappa shape index (κ2) is 8.35. The van der Waals surface area contributed by atoms with Gasteiger partial charge in [-0.05, 0) is 44.5 Å². The zero-order valence-corrected chi connectivity index (χ0v) is 20.2. The van der Waals surface area contributed by atoms with Crippen LogP contribution in [0.5, 0.6) is 5.75 Å². The van der Waals surface area contributed by atoms with E-state index in [9.17, 15) is 39.6 Å². The van der Waals surface area contributed by atoms with Crippen molar-refractivity contribution in [1.29, 1.82) is 0 Å². The van der Waals surface area contributed by atoms with E-state index in [0.717, 1.165) is 0 Å². The number of anilines is 2. The normalized spacial score (nSPS) is 27.4. The lowest BCUT2D eigenvalue weighted by Crippen LogP contribution is -2.65. The van der Waals surface area contributed by atoms with E-state index in [0.29, 0.717) is 17.7 Å². The molecule has 36 heavy (non-hydrogen) atoms. The van der Waals surface area contributed by atoms with Gasteiger partial charge in [-0.2, -0.15) is 0 Å². The number of ketones is 2. The van der Waals surface area contributed by atoms with Crippen molar-refractivity contribution in [2.24, 2.45) is 17.6 Å². The van der Waals surface area contributed by atoms with Crippen LogP contribution in [0.3, 0.4) is 0 Å². The maximum Gasteiger partial charge on any atom is 0.255 e. The Morgan fingerprint density at radius 2 is 1.83 bits per heavy atom. The summed E-state index contributed by atoms with van der Waals surface area (Å²) < 4.78 is 0. The zero-order chi connectivity index (χ0) is 26.9. The summed E-state index contributed by atoms with van der Waals surface area (Å²) in [4.78, 5) is 53.2. The standard InChI is InChI=1S/C24H28N4O8/c1-27(2)13-7-12(26-8-29)18(30)15-10(13)5-9-6-11-17(28(3)4)20(32)16(23(25)35)22(34)24(11,36)21(33)14(9)19(15)31/h7-9,11,17,30-31,34,36H,5-6H2,1-4H3,(H2,25,35)(H,26,29)/t9?,11?,17-,24?/m0/s1. The van der Waals surface area contributed by atoms with Crippen molar-refractivity contribution in [3.05, 3.63) is 34.1 Å². The number of phenolic OH excluding ortho intramolecular Hbond substituents is 1. The highest BCUT2D eigenvalue weighted by molar-refractivity contribution is 6.24. The number of primary amides is 1.